The zero-order valence-electron chi connectivity index (χ0n) is 8.08. The van der Waals surface area contributed by atoms with E-state index in [4.69, 9.17) is 0 Å². The van der Waals surface area contributed by atoms with Crippen LogP contribution in [0, 0.1) is 0 Å². The van der Waals surface area contributed by atoms with Gasteiger partial charge in [-0.25, -0.2) is 4.98 Å². The lowest BCUT2D eigenvalue weighted by molar-refractivity contribution is 0.870. The van der Waals surface area contributed by atoms with Crippen molar-refractivity contribution in [1.82, 2.24) is 9.55 Å². The molecule has 3 nitrogen and oxygen atoms in total. The molecule has 0 amide bonds. The molecule has 0 radical (unpaired) electrons. The number of hydrogen-bond acceptors (Lipinski definition) is 3. The van der Waals surface area contributed by atoms with Gasteiger partial charge in [0.05, 0.1) is 0 Å². The van der Waals surface area contributed by atoms with Gasteiger partial charge in [-0.1, -0.05) is 0 Å². The summed E-state index contributed by atoms with van der Waals surface area (Å²) in [4.78, 5) is 4.22. The summed E-state index contributed by atoms with van der Waals surface area (Å²) in [7, 11) is 2.01. The Hall–Kier alpha value is -0.640. The van der Waals surface area contributed by atoms with Crippen LogP contribution in [0.2, 0.25) is 0 Å². The van der Waals surface area contributed by atoms with Gasteiger partial charge in [0.25, 0.3) is 0 Å². The van der Waals surface area contributed by atoms with Crippen molar-refractivity contribution in [3.8, 4) is 0 Å². The standard InChI is InChI=1S/C9H15N3S/c1-12-6-5-10-8(12)11-7-9(13-2)3-4-9/h5-6H,3-4,7H2,1-2H3,(H,10,11). The van der Waals surface area contributed by atoms with Crippen molar-refractivity contribution in [3.05, 3.63) is 12.4 Å². The number of nitrogens with one attached hydrogen (secondary N) is 1. The quantitative estimate of drug-likeness (QED) is 0.797. The van der Waals surface area contributed by atoms with Crippen molar-refractivity contribution >= 4 is 17.7 Å². The predicted octanol–water partition coefficient (Wildman–Crippen LogP) is 1.73. The Kier molecular flexibility index (Phi) is 2.24. The van der Waals surface area contributed by atoms with E-state index < -0.39 is 0 Å². The molecule has 1 aromatic heterocycles. The highest BCUT2D eigenvalue weighted by molar-refractivity contribution is 8.00. The van der Waals surface area contributed by atoms with Crippen LogP contribution < -0.4 is 5.32 Å². The molecule has 4 heteroatoms. The highest BCUT2D eigenvalue weighted by atomic mass is 32.2. The SMILES string of the molecule is CSC1(CNc2nccn2C)CC1. The predicted molar refractivity (Wildman–Crippen MR) is 57.2 cm³/mol. The Morgan fingerprint density at radius 3 is 2.92 bits per heavy atom. The first-order valence-electron chi connectivity index (χ1n) is 4.52. The van der Waals surface area contributed by atoms with Crippen LogP contribution in [0.25, 0.3) is 0 Å². The van der Waals surface area contributed by atoms with Crippen LogP contribution in [0.15, 0.2) is 12.4 Å². The van der Waals surface area contributed by atoms with Crippen molar-refractivity contribution < 1.29 is 0 Å². The van der Waals surface area contributed by atoms with Crippen molar-refractivity contribution in [2.45, 2.75) is 17.6 Å². The molecule has 0 atom stereocenters. The summed E-state index contributed by atoms with van der Waals surface area (Å²) in [5.74, 6) is 0.973. The number of thioether (sulfide) groups is 1. The lowest BCUT2D eigenvalue weighted by atomic mass is 10.4. The Labute approximate surface area is 82.9 Å². The van der Waals surface area contributed by atoms with E-state index in [9.17, 15) is 0 Å². The molecule has 1 aromatic rings. The van der Waals surface area contributed by atoms with E-state index in [1.165, 1.54) is 12.8 Å². The summed E-state index contributed by atoms with van der Waals surface area (Å²) in [6.45, 7) is 1.04. The van der Waals surface area contributed by atoms with Crippen molar-refractivity contribution in [2.75, 3.05) is 18.1 Å². The molecule has 0 bridgehead atoms. The Balaban J connectivity index is 1.90. The molecule has 0 aliphatic heterocycles. The van der Waals surface area contributed by atoms with E-state index in [0.717, 1.165) is 12.5 Å². The van der Waals surface area contributed by atoms with E-state index in [1.807, 2.05) is 35.8 Å². The molecule has 1 aliphatic carbocycles. The third-order valence-electron chi connectivity index (χ3n) is 2.63. The molecule has 13 heavy (non-hydrogen) atoms. The Morgan fingerprint density at radius 1 is 1.69 bits per heavy atom. The second-order valence-corrected chi connectivity index (χ2v) is 4.88. The fraction of sp³-hybridized carbons (Fsp3) is 0.667. The van der Waals surface area contributed by atoms with Gasteiger partial charge in [-0.05, 0) is 19.1 Å². The summed E-state index contributed by atoms with van der Waals surface area (Å²) in [5, 5.41) is 3.38. The number of aromatic nitrogens is 2. The molecule has 0 aromatic carbocycles. The highest BCUT2D eigenvalue weighted by Crippen LogP contribution is 2.46. The number of hydrogen-bond donors (Lipinski definition) is 1. The van der Waals surface area contributed by atoms with Crippen LogP contribution in [-0.4, -0.2) is 27.1 Å². The molecule has 1 heterocycles. The van der Waals surface area contributed by atoms with Gasteiger partial charge in [-0.3, -0.25) is 0 Å². The maximum absolute atomic E-state index is 4.22. The molecular weight excluding hydrogens is 182 g/mol. The first kappa shape index (κ1) is 8.94. The van der Waals surface area contributed by atoms with E-state index in [-0.39, 0.29) is 0 Å². The fourth-order valence-electron chi connectivity index (χ4n) is 1.37. The zero-order valence-corrected chi connectivity index (χ0v) is 8.90. The summed E-state index contributed by atoms with van der Waals surface area (Å²) in [6, 6.07) is 0. The smallest absolute Gasteiger partial charge is 0.202 e. The minimum Gasteiger partial charge on any atom is -0.354 e. The number of imidazole rings is 1. The van der Waals surface area contributed by atoms with E-state index in [1.54, 1.807) is 0 Å². The molecule has 2 rings (SSSR count). The molecule has 0 unspecified atom stereocenters. The first-order chi connectivity index (χ1) is 6.26. The fourth-order valence-corrected chi connectivity index (χ4v) is 2.10. The van der Waals surface area contributed by atoms with E-state index in [0.29, 0.717) is 4.75 Å². The molecule has 0 saturated heterocycles. The molecule has 1 N–H and O–H groups in total. The van der Waals surface area contributed by atoms with Gasteiger partial charge < -0.3 is 9.88 Å². The van der Waals surface area contributed by atoms with Gasteiger partial charge in [0.1, 0.15) is 0 Å². The van der Waals surface area contributed by atoms with Crippen LogP contribution in [0.1, 0.15) is 12.8 Å². The van der Waals surface area contributed by atoms with Crippen LogP contribution >= 0.6 is 11.8 Å². The topological polar surface area (TPSA) is 29.9 Å². The molecular formula is C9H15N3S. The third-order valence-corrected chi connectivity index (χ3v) is 4.05. The first-order valence-corrected chi connectivity index (χ1v) is 5.75. The number of nitrogens with zero attached hydrogens (tertiary/aromatic N) is 2. The minimum absolute atomic E-state index is 0.506. The summed E-state index contributed by atoms with van der Waals surface area (Å²) >= 11 is 1.97. The van der Waals surface area contributed by atoms with E-state index in [2.05, 4.69) is 16.6 Å². The Morgan fingerprint density at radius 2 is 2.46 bits per heavy atom. The van der Waals surface area contributed by atoms with E-state index >= 15 is 0 Å². The Bertz CT molecular complexity index is 291. The molecule has 72 valence electrons. The summed E-state index contributed by atoms with van der Waals surface area (Å²) < 4.78 is 2.52. The second kappa shape index (κ2) is 3.25. The second-order valence-electron chi connectivity index (χ2n) is 3.60. The van der Waals surface area contributed by atoms with Gasteiger partial charge in [-0.15, -0.1) is 0 Å². The van der Waals surface area contributed by atoms with Crippen molar-refractivity contribution in [2.24, 2.45) is 7.05 Å². The van der Waals surface area contributed by atoms with Gasteiger partial charge in [0, 0.05) is 30.7 Å². The number of anilines is 1. The lowest BCUT2D eigenvalue weighted by Gasteiger charge is -2.13. The molecule has 1 aliphatic rings. The van der Waals surface area contributed by atoms with Gasteiger partial charge in [0.15, 0.2) is 0 Å². The van der Waals surface area contributed by atoms with Crippen LogP contribution in [0.4, 0.5) is 5.95 Å². The average molecular weight is 197 g/mol. The van der Waals surface area contributed by atoms with Crippen LogP contribution in [0.5, 0.6) is 0 Å². The summed E-state index contributed by atoms with van der Waals surface area (Å²) in [5.41, 5.74) is 0. The number of aryl methyl sites for hydroxylation is 1. The monoisotopic (exact) mass is 197 g/mol. The largest absolute Gasteiger partial charge is 0.354 e. The zero-order chi connectivity index (χ0) is 9.31. The van der Waals surface area contributed by atoms with Gasteiger partial charge in [0.2, 0.25) is 5.95 Å². The normalized spacial score (nSPS) is 18.6. The molecule has 0 spiro atoms. The molecule has 1 saturated carbocycles. The number of rotatable bonds is 4. The average Bonchev–Trinajstić information content (AvgIpc) is 2.82. The van der Waals surface area contributed by atoms with Crippen molar-refractivity contribution in [3.63, 3.8) is 0 Å². The summed E-state index contributed by atoms with van der Waals surface area (Å²) in [6.07, 6.45) is 8.65. The lowest BCUT2D eigenvalue weighted by Crippen LogP contribution is -2.19. The van der Waals surface area contributed by atoms with Crippen molar-refractivity contribution in [1.29, 1.82) is 0 Å². The van der Waals surface area contributed by atoms with Gasteiger partial charge >= 0.3 is 0 Å². The highest BCUT2D eigenvalue weighted by Gasteiger charge is 2.41. The van der Waals surface area contributed by atoms with Crippen LogP contribution in [0.3, 0.4) is 0 Å². The van der Waals surface area contributed by atoms with Gasteiger partial charge in [-0.2, -0.15) is 11.8 Å². The molecule has 1 fully saturated rings. The maximum Gasteiger partial charge on any atom is 0.202 e. The van der Waals surface area contributed by atoms with Crippen LogP contribution in [-0.2, 0) is 7.05 Å². The maximum atomic E-state index is 4.22. The minimum atomic E-state index is 0.506. The third kappa shape index (κ3) is 1.82.